The number of carbonyl (C=O) groups is 2. The monoisotopic (exact) mass is 655 g/mol. The summed E-state index contributed by atoms with van der Waals surface area (Å²) in [6, 6.07) is 20.1. The van der Waals surface area contributed by atoms with Crippen LogP contribution in [-0.4, -0.2) is 67.6 Å². The Labute approximate surface area is 265 Å². The van der Waals surface area contributed by atoms with E-state index in [4.69, 9.17) is 14.9 Å². The van der Waals surface area contributed by atoms with Crippen LogP contribution in [0.4, 0.5) is 19.0 Å². The fourth-order valence-corrected chi connectivity index (χ4v) is 10.6. The molecule has 1 saturated heterocycles. The van der Waals surface area contributed by atoms with Crippen molar-refractivity contribution >= 4 is 36.3 Å². The van der Waals surface area contributed by atoms with Gasteiger partial charge < -0.3 is 34.8 Å². The zero-order valence-electron chi connectivity index (χ0n) is 25.5. The number of halogens is 3. The minimum absolute atomic E-state index is 0.0907. The molecule has 3 aromatic rings. The summed E-state index contributed by atoms with van der Waals surface area (Å²) >= 11 is 0. The van der Waals surface area contributed by atoms with Crippen molar-refractivity contribution in [2.75, 3.05) is 18.5 Å². The quantitative estimate of drug-likeness (QED) is 0.194. The van der Waals surface area contributed by atoms with Gasteiger partial charge in [0.1, 0.15) is 18.1 Å². The number of nitrogens with zero attached hydrogens (tertiary/aromatic N) is 1. The number of fused-ring (bicyclic) bond motifs is 1. The van der Waals surface area contributed by atoms with Crippen molar-refractivity contribution in [2.45, 2.75) is 63.1 Å². The predicted octanol–water partition coefficient (Wildman–Crippen LogP) is 2.14. The first-order chi connectivity index (χ1) is 21.7. The second-order valence-electron chi connectivity index (χ2n) is 12.2. The Morgan fingerprint density at radius 2 is 1.72 bits per heavy atom. The summed E-state index contributed by atoms with van der Waals surface area (Å²) in [7, 11) is -2.92. The molecule has 6 N–H and O–H groups in total. The number of aromatic nitrogens is 1. The van der Waals surface area contributed by atoms with Crippen LogP contribution in [-0.2, 0) is 14.0 Å². The van der Waals surface area contributed by atoms with Crippen LogP contribution in [0.25, 0.3) is 0 Å². The largest absolute Gasteiger partial charge is 0.471 e. The number of amides is 2. The number of aliphatic hydroxyl groups is 1. The molecular weight excluding hydrogens is 619 g/mol. The maximum absolute atomic E-state index is 12.9. The molecule has 2 aromatic carbocycles. The van der Waals surface area contributed by atoms with Gasteiger partial charge in [-0.25, -0.2) is 0 Å². The molecule has 1 aromatic heterocycles. The van der Waals surface area contributed by atoms with Crippen LogP contribution in [0.3, 0.4) is 0 Å². The first kappa shape index (κ1) is 33.2. The predicted molar refractivity (Wildman–Crippen MR) is 168 cm³/mol. The first-order valence-electron chi connectivity index (χ1n) is 14.7. The van der Waals surface area contributed by atoms with E-state index in [1.165, 1.54) is 6.20 Å². The zero-order valence-corrected chi connectivity index (χ0v) is 26.5. The van der Waals surface area contributed by atoms with Crippen molar-refractivity contribution in [3.63, 3.8) is 0 Å². The molecule has 1 fully saturated rings. The Kier molecular flexibility index (Phi) is 9.34. The third-order valence-electron chi connectivity index (χ3n) is 8.05. The molecular formula is C32H36F3N5O5Si. The molecule has 0 bridgehead atoms. The normalized spacial score (nSPS) is 21.4. The standard InChI is InChI=1S/C32H36F3N5O5Si/c1-31(2,3)46(21-12-6-4-7-13-21,22-14-8-5-9-15-22)44-19-24-23(41)17-25(45-24)40-18-20(11-10-16-37-29(43)32(33,34)35)26-27(40)38-30(36)39-28(26)42/h4-9,12-15,18,23-25,30,38,41H,16-17,19,36H2,1-3H3,(H,37,43)(H,39,42). The lowest BCUT2D eigenvalue weighted by Crippen LogP contribution is -2.67. The van der Waals surface area contributed by atoms with E-state index >= 15 is 0 Å². The third kappa shape index (κ3) is 6.55. The minimum Gasteiger partial charge on any atom is -0.405 e. The zero-order chi connectivity index (χ0) is 33.3. The number of ether oxygens (including phenoxy) is 1. The average molecular weight is 656 g/mol. The molecule has 10 nitrogen and oxygen atoms in total. The summed E-state index contributed by atoms with van der Waals surface area (Å²) in [6.07, 6.45) is -6.69. The molecule has 0 spiro atoms. The number of aliphatic hydroxyl groups excluding tert-OH is 1. The van der Waals surface area contributed by atoms with Crippen molar-refractivity contribution in [3.8, 4) is 11.8 Å². The molecule has 14 heteroatoms. The van der Waals surface area contributed by atoms with Crippen LogP contribution >= 0.6 is 0 Å². The van der Waals surface area contributed by atoms with E-state index in [1.807, 2.05) is 36.4 Å². The topological polar surface area (TPSA) is 140 Å². The van der Waals surface area contributed by atoms with E-state index in [1.54, 1.807) is 9.88 Å². The van der Waals surface area contributed by atoms with Crippen LogP contribution < -0.4 is 32.1 Å². The van der Waals surface area contributed by atoms with E-state index in [2.05, 4.69) is 67.5 Å². The van der Waals surface area contributed by atoms with Gasteiger partial charge in [0.25, 0.3) is 14.2 Å². The second-order valence-corrected chi connectivity index (χ2v) is 16.5. The van der Waals surface area contributed by atoms with Crippen molar-refractivity contribution in [3.05, 3.63) is 78.0 Å². The third-order valence-corrected chi connectivity index (χ3v) is 13.1. The van der Waals surface area contributed by atoms with Crippen LogP contribution in [0.5, 0.6) is 0 Å². The number of nitrogens with one attached hydrogen (secondary N) is 3. The number of benzene rings is 2. The molecule has 244 valence electrons. The van der Waals surface area contributed by atoms with E-state index < -0.39 is 57.6 Å². The summed E-state index contributed by atoms with van der Waals surface area (Å²) in [5.41, 5.74) is 6.25. The maximum Gasteiger partial charge on any atom is 0.471 e. The molecule has 0 aliphatic carbocycles. The van der Waals surface area contributed by atoms with Crippen molar-refractivity contribution in [1.29, 1.82) is 0 Å². The van der Waals surface area contributed by atoms with E-state index in [9.17, 15) is 27.9 Å². The number of alkyl halides is 3. The lowest BCUT2D eigenvalue weighted by atomic mass is 10.1. The molecule has 2 aliphatic rings. The highest BCUT2D eigenvalue weighted by molar-refractivity contribution is 6.99. The first-order valence-corrected chi connectivity index (χ1v) is 16.6. The summed E-state index contributed by atoms with van der Waals surface area (Å²) in [6.45, 7) is 5.95. The molecule has 5 rings (SSSR count). The van der Waals surface area contributed by atoms with E-state index in [-0.39, 0.29) is 35.0 Å². The molecule has 0 saturated carbocycles. The number of carbonyl (C=O) groups excluding carboxylic acids is 2. The van der Waals surface area contributed by atoms with Gasteiger partial charge in [-0.3, -0.25) is 15.3 Å². The van der Waals surface area contributed by atoms with Gasteiger partial charge in [0, 0.05) is 12.6 Å². The summed E-state index contributed by atoms with van der Waals surface area (Å²) in [5.74, 6) is 2.72. The average Bonchev–Trinajstić information content (AvgIpc) is 3.55. The number of anilines is 1. The molecule has 4 unspecified atom stereocenters. The van der Waals surface area contributed by atoms with Crippen LogP contribution in [0, 0.1) is 11.8 Å². The van der Waals surface area contributed by atoms with Gasteiger partial charge in [-0.1, -0.05) is 93.3 Å². The van der Waals surface area contributed by atoms with Crippen molar-refractivity contribution < 1.29 is 37.0 Å². The Morgan fingerprint density at radius 3 is 2.28 bits per heavy atom. The molecule has 0 radical (unpaired) electrons. The number of nitrogens with two attached hydrogens (primary N) is 1. The van der Waals surface area contributed by atoms with Gasteiger partial charge in [0.15, 0.2) is 6.29 Å². The lowest BCUT2D eigenvalue weighted by molar-refractivity contribution is -0.173. The second kappa shape index (κ2) is 12.9. The van der Waals surface area contributed by atoms with Crippen LogP contribution in [0.1, 0.15) is 49.3 Å². The molecule has 4 atom stereocenters. The summed E-state index contributed by atoms with van der Waals surface area (Å²) in [4.78, 5) is 24.0. The molecule has 2 aliphatic heterocycles. The number of rotatable bonds is 7. The Morgan fingerprint density at radius 1 is 1.11 bits per heavy atom. The van der Waals surface area contributed by atoms with Gasteiger partial charge >= 0.3 is 12.1 Å². The maximum atomic E-state index is 12.9. The number of hydrogen-bond donors (Lipinski definition) is 5. The highest BCUT2D eigenvalue weighted by atomic mass is 28.4. The SMILES string of the molecule is CC(C)(C)[Si](OCC1OC(n2cc(C#CCNC(=O)C(F)(F)F)c3c2NC(N)NC3=O)CC1O)(c1ccccc1)c1ccccc1. The van der Waals surface area contributed by atoms with Gasteiger partial charge in [0.2, 0.25) is 0 Å². The van der Waals surface area contributed by atoms with Gasteiger partial charge in [-0.2, -0.15) is 13.2 Å². The van der Waals surface area contributed by atoms with Gasteiger partial charge in [-0.15, -0.1) is 0 Å². The van der Waals surface area contributed by atoms with Gasteiger partial charge in [0.05, 0.1) is 30.4 Å². The fraction of sp³-hybridized carbons (Fsp3) is 0.375. The fourth-order valence-electron chi connectivity index (χ4n) is 5.99. The van der Waals surface area contributed by atoms with E-state index in [0.717, 1.165) is 10.4 Å². The highest BCUT2D eigenvalue weighted by Gasteiger charge is 2.51. The Hall–Kier alpha value is -4.13. The minimum atomic E-state index is -5.04. The molecule has 2 amide bonds. The van der Waals surface area contributed by atoms with Crippen LogP contribution in [0.2, 0.25) is 5.04 Å². The Bertz CT molecular complexity index is 1590. The van der Waals surface area contributed by atoms with Crippen molar-refractivity contribution in [2.24, 2.45) is 5.73 Å². The van der Waals surface area contributed by atoms with E-state index in [0.29, 0.717) is 0 Å². The number of hydrogen-bond acceptors (Lipinski definition) is 7. The molecule has 46 heavy (non-hydrogen) atoms. The summed E-state index contributed by atoms with van der Waals surface area (Å²) < 4.78 is 52.5. The smallest absolute Gasteiger partial charge is 0.405 e. The Balaban J connectivity index is 1.41. The van der Waals surface area contributed by atoms with Gasteiger partial charge in [-0.05, 0) is 15.4 Å². The van der Waals surface area contributed by atoms with Crippen LogP contribution in [0.15, 0.2) is 66.9 Å². The molecule has 3 heterocycles. The lowest BCUT2D eigenvalue weighted by Gasteiger charge is -2.43. The highest BCUT2D eigenvalue weighted by Crippen LogP contribution is 2.39. The van der Waals surface area contributed by atoms with Crippen molar-refractivity contribution in [1.82, 2.24) is 15.2 Å². The summed E-state index contributed by atoms with van der Waals surface area (Å²) in [5, 5.41) is 20.2.